The fourth-order valence-corrected chi connectivity index (χ4v) is 0.903. The number of rotatable bonds is 5. The van der Waals surface area contributed by atoms with Crippen molar-refractivity contribution in [1.82, 2.24) is 0 Å². The van der Waals surface area contributed by atoms with Gasteiger partial charge in [0.1, 0.15) is 5.76 Å². The lowest BCUT2D eigenvalue weighted by Gasteiger charge is -2.10. The summed E-state index contributed by atoms with van der Waals surface area (Å²) in [5.74, 6) is -0.102. The molecule has 86 valence electrons. The maximum Gasteiger partial charge on any atom is 0.572 e. The highest BCUT2D eigenvalue weighted by Gasteiger charge is 2.31. The van der Waals surface area contributed by atoms with E-state index in [-0.39, 0.29) is 12.2 Å². The van der Waals surface area contributed by atoms with Crippen molar-refractivity contribution in [2.24, 2.45) is 0 Å². The molecule has 0 aliphatic heterocycles. The van der Waals surface area contributed by atoms with Gasteiger partial charge < -0.3 is 4.74 Å². The van der Waals surface area contributed by atoms with Crippen LogP contribution in [-0.4, -0.2) is 6.36 Å². The Bertz CT molecular complexity index is 261. The lowest BCUT2D eigenvalue weighted by Crippen LogP contribution is -2.12. The molecule has 0 rings (SSSR count). The first-order chi connectivity index (χ1) is 6.92. The predicted molar refractivity (Wildman–Crippen MR) is 54.1 cm³/mol. The lowest BCUT2D eigenvalue weighted by molar-refractivity contribution is -0.306. The molecule has 0 saturated carbocycles. The molecule has 0 spiro atoms. The second-order valence-corrected chi connectivity index (χ2v) is 2.83. The van der Waals surface area contributed by atoms with Crippen molar-refractivity contribution in [2.45, 2.75) is 33.1 Å². The molecule has 0 aromatic carbocycles. The van der Waals surface area contributed by atoms with Gasteiger partial charge in [0.05, 0.1) is 0 Å². The summed E-state index contributed by atoms with van der Waals surface area (Å²) in [6.45, 7) is 7.05. The Kier molecular flexibility index (Phi) is 5.82. The Morgan fingerprint density at radius 3 is 2.13 bits per heavy atom. The first-order valence-electron chi connectivity index (χ1n) is 4.70. The normalized spacial score (nSPS) is 13.9. The Hall–Kier alpha value is -1.19. The number of halogens is 3. The van der Waals surface area contributed by atoms with Crippen LogP contribution in [0.5, 0.6) is 0 Å². The van der Waals surface area contributed by atoms with E-state index in [1.165, 1.54) is 6.08 Å². The summed E-state index contributed by atoms with van der Waals surface area (Å²) in [5, 5.41) is 0. The highest BCUT2D eigenvalue weighted by atomic mass is 19.4. The summed E-state index contributed by atoms with van der Waals surface area (Å²) in [7, 11) is 0. The maximum absolute atomic E-state index is 11.9. The zero-order valence-electron chi connectivity index (χ0n) is 8.90. The van der Waals surface area contributed by atoms with Gasteiger partial charge in [-0.05, 0) is 18.1 Å². The van der Waals surface area contributed by atoms with Crippen molar-refractivity contribution in [2.75, 3.05) is 0 Å². The van der Waals surface area contributed by atoms with Gasteiger partial charge in [-0.15, -0.1) is 13.2 Å². The molecule has 1 nitrogen and oxygen atoms in total. The van der Waals surface area contributed by atoms with Crippen molar-refractivity contribution in [3.8, 4) is 0 Å². The van der Waals surface area contributed by atoms with Crippen LogP contribution in [0.25, 0.3) is 0 Å². The third kappa shape index (κ3) is 6.82. The van der Waals surface area contributed by atoms with E-state index in [1.54, 1.807) is 19.1 Å². The molecule has 0 aliphatic carbocycles. The van der Waals surface area contributed by atoms with Gasteiger partial charge in [0.15, 0.2) is 0 Å². The zero-order chi connectivity index (χ0) is 11.9. The SMILES string of the molecule is C=C/C(=C\C=C(/CC)OC(F)(F)F)CC. The second-order valence-electron chi connectivity index (χ2n) is 2.83. The van der Waals surface area contributed by atoms with Crippen LogP contribution in [0.15, 0.2) is 36.1 Å². The number of alkyl halides is 3. The van der Waals surface area contributed by atoms with E-state index in [2.05, 4.69) is 11.3 Å². The van der Waals surface area contributed by atoms with Crippen LogP contribution in [0.3, 0.4) is 0 Å². The quantitative estimate of drug-likeness (QED) is 0.494. The Balaban J connectivity index is 4.60. The molecule has 0 aromatic rings. The number of hydrogen-bond acceptors (Lipinski definition) is 1. The average Bonchev–Trinajstić information content (AvgIpc) is 2.15. The van der Waals surface area contributed by atoms with Crippen LogP contribution < -0.4 is 0 Å². The predicted octanol–water partition coefficient (Wildman–Crippen LogP) is 4.34. The van der Waals surface area contributed by atoms with E-state index in [4.69, 9.17) is 0 Å². The van der Waals surface area contributed by atoms with Gasteiger partial charge in [-0.2, -0.15) is 0 Å². The van der Waals surface area contributed by atoms with E-state index >= 15 is 0 Å². The number of hydrogen-bond donors (Lipinski definition) is 0. The molecule has 15 heavy (non-hydrogen) atoms. The third-order valence-electron chi connectivity index (χ3n) is 1.75. The molecule has 0 radical (unpaired) electrons. The highest BCUT2D eigenvalue weighted by molar-refractivity contribution is 5.22. The summed E-state index contributed by atoms with van der Waals surface area (Å²) in [5.41, 5.74) is 0.867. The van der Waals surface area contributed by atoms with Crippen LogP contribution in [0.2, 0.25) is 0 Å². The smallest absolute Gasteiger partial charge is 0.410 e. The minimum absolute atomic E-state index is 0.102. The van der Waals surface area contributed by atoms with Crippen molar-refractivity contribution in [1.29, 1.82) is 0 Å². The fraction of sp³-hybridized carbons (Fsp3) is 0.455. The van der Waals surface area contributed by atoms with Gasteiger partial charge in [-0.25, -0.2) is 0 Å². The molecule has 0 amide bonds. The minimum atomic E-state index is -4.61. The van der Waals surface area contributed by atoms with Crippen LogP contribution in [0, 0.1) is 0 Å². The molecule has 0 atom stereocenters. The Labute approximate surface area is 87.9 Å². The minimum Gasteiger partial charge on any atom is -0.410 e. The average molecular weight is 220 g/mol. The van der Waals surface area contributed by atoms with Crippen LogP contribution >= 0.6 is 0 Å². The molecular formula is C11H15F3O. The van der Waals surface area contributed by atoms with Crippen LogP contribution in [-0.2, 0) is 4.74 Å². The van der Waals surface area contributed by atoms with E-state index in [0.717, 1.165) is 12.0 Å². The zero-order valence-corrected chi connectivity index (χ0v) is 8.90. The molecule has 4 heteroatoms. The summed E-state index contributed by atoms with van der Waals surface area (Å²) in [6.07, 6.45) is 0.826. The van der Waals surface area contributed by atoms with Gasteiger partial charge in [-0.1, -0.05) is 32.6 Å². The van der Waals surface area contributed by atoms with Gasteiger partial charge in [0, 0.05) is 6.42 Å². The van der Waals surface area contributed by atoms with E-state index in [9.17, 15) is 13.2 Å². The summed E-state index contributed by atoms with van der Waals surface area (Å²) in [6, 6.07) is 0. The Morgan fingerprint density at radius 1 is 1.20 bits per heavy atom. The summed E-state index contributed by atoms with van der Waals surface area (Å²) in [4.78, 5) is 0. The number of allylic oxidation sites excluding steroid dienone is 5. The molecule has 0 fully saturated rings. The topological polar surface area (TPSA) is 9.23 Å². The number of ether oxygens (including phenoxy) is 1. The van der Waals surface area contributed by atoms with E-state index < -0.39 is 6.36 Å². The molecule has 0 aliphatic rings. The van der Waals surface area contributed by atoms with Crippen molar-refractivity contribution in [3.63, 3.8) is 0 Å². The molecule has 0 aromatic heterocycles. The lowest BCUT2D eigenvalue weighted by atomic mass is 10.2. The molecular weight excluding hydrogens is 205 g/mol. The molecule has 0 saturated heterocycles. The van der Waals surface area contributed by atoms with Crippen LogP contribution in [0.1, 0.15) is 26.7 Å². The molecule has 0 bridgehead atoms. The Morgan fingerprint density at radius 2 is 1.80 bits per heavy atom. The highest BCUT2D eigenvalue weighted by Crippen LogP contribution is 2.22. The maximum atomic E-state index is 11.9. The van der Waals surface area contributed by atoms with Gasteiger partial charge >= 0.3 is 6.36 Å². The molecule has 0 heterocycles. The van der Waals surface area contributed by atoms with E-state index in [0.29, 0.717) is 0 Å². The largest absolute Gasteiger partial charge is 0.572 e. The first-order valence-corrected chi connectivity index (χ1v) is 4.70. The molecule has 0 unspecified atom stereocenters. The monoisotopic (exact) mass is 220 g/mol. The van der Waals surface area contributed by atoms with Crippen molar-refractivity contribution in [3.05, 3.63) is 36.1 Å². The molecule has 0 N–H and O–H groups in total. The third-order valence-corrected chi connectivity index (χ3v) is 1.75. The van der Waals surface area contributed by atoms with E-state index in [1.807, 2.05) is 6.92 Å². The fourth-order valence-electron chi connectivity index (χ4n) is 0.903. The van der Waals surface area contributed by atoms with Crippen molar-refractivity contribution < 1.29 is 17.9 Å². The summed E-state index contributed by atoms with van der Waals surface area (Å²) >= 11 is 0. The first kappa shape index (κ1) is 13.8. The van der Waals surface area contributed by atoms with Crippen LogP contribution in [0.4, 0.5) is 13.2 Å². The second kappa shape index (κ2) is 6.32. The van der Waals surface area contributed by atoms with Crippen molar-refractivity contribution >= 4 is 0 Å². The van der Waals surface area contributed by atoms with Gasteiger partial charge in [0.25, 0.3) is 0 Å². The standard InChI is InChI=1S/C11H15F3O/c1-4-9(5-2)7-8-10(6-3)15-11(12,13)14/h4,7-8H,1,5-6H2,2-3H3/b9-7+,10-8+. The summed E-state index contributed by atoms with van der Waals surface area (Å²) < 4.78 is 39.4. The van der Waals surface area contributed by atoms with Gasteiger partial charge in [0.2, 0.25) is 0 Å². The van der Waals surface area contributed by atoms with Gasteiger partial charge in [-0.3, -0.25) is 0 Å².